The van der Waals surface area contributed by atoms with Crippen LogP contribution in [0.15, 0.2) is 24.5 Å². The van der Waals surface area contributed by atoms with Gasteiger partial charge < -0.3 is 14.6 Å². The number of ether oxygens (including phenoxy) is 1. The molecule has 2 heterocycles. The molecule has 0 aromatic carbocycles. The molecule has 2 N–H and O–H groups in total. The Morgan fingerprint density at radius 3 is 3.10 bits per heavy atom. The lowest BCUT2D eigenvalue weighted by Gasteiger charge is -2.09. The van der Waals surface area contributed by atoms with Crippen molar-refractivity contribution in [2.24, 2.45) is 0 Å². The van der Waals surface area contributed by atoms with E-state index < -0.39 is 0 Å². The lowest BCUT2D eigenvalue weighted by Crippen LogP contribution is -2.27. The topological polar surface area (TPSA) is 71.9 Å². The second kappa shape index (κ2) is 7.64. The van der Waals surface area contributed by atoms with Gasteiger partial charge in [-0.25, -0.2) is 0 Å². The molecule has 0 radical (unpaired) electrons. The molecule has 0 fully saturated rings. The Hall–Kier alpha value is -2.08. The van der Waals surface area contributed by atoms with Crippen LogP contribution in [0.25, 0.3) is 0 Å². The van der Waals surface area contributed by atoms with E-state index in [1.165, 1.54) is 5.56 Å². The minimum absolute atomic E-state index is 0.0416. The average molecular weight is 290 g/mol. The molecule has 2 aromatic heterocycles. The molecule has 0 saturated carbocycles. The highest BCUT2D eigenvalue weighted by Gasteiger charge is 2.10. The maximum Gasteiger partial charge on any atom is 0.267 e. The van der Waals surface area contributed by atoms with E-state index in [-0.39, 0.29) is 5.91 Å². The van der Waals surface area contributed by atoms with Crippen molar-refractivity contribution in [3.63, 3.8) is 0 Å². The standard InChI is InChI=1S/C15H22N4O2/c1-12-13(11-17-18-12)5-3-7-16-15(20)14-6-4-8-19(14)9-10-21-2/h4,6,8,11H,3,5,7,9-10H2,1-2H3,(H,16,20)(H,17,18). The summed E-state index contributed by atoms with van der Waals surface area (Å²) in [7, 11) is 1.65. The van der Waals surface area contributed by atoms with E-state index in [9.17, 15) is 4.79 Å². The van der Waals surface area contributed by atoms with Crippen LogP contribution in [0.5, 0.6) is 0 Å². The molecule has 6 nitrogen and oxygen atoms in total. The van der Waals surface area contributed by atoms with Gasteiger partial charge in [0.05, 0.1) is 12.8 Å². The van der Waals surface area contributed by atoms with Crippen molar-refractivity contribution in [3.05, 3.63) is 41.5 Å². The molecular formula is C15H22N4O2. The summed E-state index contributed by atoms with van der Waals surface area (Å²) in [5.74, 6) is -0.0416. The van der Waals surface area contributed by atoms with Crippen molar-refractivity contribution < 1.29 is 9.53 Å². The van der Waals surface area contributed by atoms with Crippen LogP contribution in [0.2, 0.25) is 0 Å². The van der Waals surface area contributed by atoms with Crippen molar-refractivity contribution in [2.75, 3.05) is 20.3 Å². The van der Waals surface area contributed by atoms with Crippen LogP contribution in [0.4, 0.5) is 0 Å². The number of aromatic amines is 1. The first-order valence-electron chi connectivity index (χ1n) is 7.13. The number of nitrogens with one attached hydrogen (secondary N) is 2. The molecule has 2 aromatic rings. The zero-order valence-electron chi connectivity index (χ0n) is 12.6. The summed E-state index contributed by atoms with van der Waals surface area (Å²) in [5, 5.41) is 9.86. The van der Waals surface area contributed by atoms with Gasteiger partial charge in [-0.05, 0) is 37.5 Å². The first-order valence-corrected chi connectivity index (χ1v) is 7.13. The van der Waals surface area contributed by atoms with Gasteiger partial charge in [0.1, 0.15) is 5.69 Å². The van der Waals surface area contributed by atoms with Crippen molar-refractivity contribution in [3.8, 4) is 0 Å². The average Bonchev–Trinajstić information content (AvgIpc) is 3.10. The number of methoxy groups -OCH3 is 1. The minimum Gasteiger partial charge on any atom is -0.383 e. The lowest BCUT2D eigenvalue weighted by atomic mass is 10.1. The number of nitrogens with zero attached hydrogens (tertiary/aromatic N) is 2. The van der Waals surface area contributed by atoms with Gasteiger partial charge in [-0.3, -0.25) is 9.89 Å². The van der Waals surface area contributed by atoms with Crippen molar-refractivity contribution >= 4 is 5.91 Å². The highest BCUT2D eigenvalue weighted by Crippen LogP contribution is 2.06. The van der Waals surface area contributed by atoms with Gasteiger partial charge in [0.2, 0.25) is 0 Å². The normalized spacial score (nSPS) is 10.8. The number of carbonyl (C=O) groups excluding carboxylic acids is 1. The van der Waals surface area contributed by atoms with Crippen molar-refractivity contribution in [2.45, 2.75) is 26.3 Å². The predicted octanol–water partition coefficient (Wildman–Crippen LogP) is 1.53. The first-order chi connectivity index (χ1) is 10.2. The van der Waals surface area contributed by atoms with Crippen LogP contribution < -0.4 is 5.32 Å². The van der Waals surface area contributed by atoms with Gasteiger partial charge in [0, 0.05) is 32.1 Å². The molecule has 0 bridgehead atoms. The number of carbonyl (C=O) groups is 1. The number of hydrogen-bond donors (Lipinski definition) is 2. The monoisotopic (exact) mass is 290 g/mol. The Kier molecular flexibility index (Phi) is 5.57. The smallest absolute Gasteiger partial charge is 0.267 e. The van der Waals surface area contributed by atoms with Gasteiger partial charge in [0.15, 0.2) is 0 Å². The summed E-state index contributed by atoms with van der Waals surface area (Å²) in [6, 6.07) is 3.70. The Morgan fingerprint density at radius 1 is 1.52 bits per heavy atom. The molecule has 0 aliphatic rings. The highest BCUT2D eigenvalue weighted by molar-refractivity contribution is 5.92. The Morgan fingerprint density at radius 2 is 2.38 bits per heavy atom. The van der Waals surface area contributed by atoms with E-state index in [1.54, 1.807) is 7.11 Å². The molecule has 114 valence electrons. The summed E-state index contributed by atoms with van der Waals surface area (Å²) in [6.07, 6.45) is 5.54. The molecule has 6 heteroatoms. The Bertz CT molecular complexity index is 574. The highest BCUT2D eigenvalue weighted by atomic mass is 16.5. The SMILES string of the molecule is COCCn1cccc1C(=O)NCCCc1cn[nH]c1C. The van der Waals surface area contributed by atoms with E-state index in [1.807, 2.05) is 36.0 Å². The van der Waals surface area contributed by atoms with E-state index in [0.717, 1.165) is 18.5 Å². The second-order valence-corrected chi connectivity index (χ2v) is 4.96. The molecule has 0 unspecified atom stereocenters. The van der Waals surface area contributed by atoms with Crippen LogP contribution in [0, 0.1) is 6.92 Å². The van der Waals surface area contributed by atoms with Crippen LogP contribution >= 0.6 is 0 Å². The van der Waals surface area contributed by atoms with Gasteiger partial charge >= 0.3 is 0 Å². The van der Waals surface area contributed by atoms with Gasteiger partial charge in [0.25, 0.3) is 5.91 Å². The fourth-order valence-corrected chi connectivity index (χ4v) is 2.20. The largest absolute Gasteiger partial charge is 0.383 e. The lowest BCUT2D eigenvalue weighted by molar-refractivity contribution is 0.0941. The summed E-state index contributed by atoms with van der Waals surface area (Å²) in [5.41, 5.74) is 2.97. The predicted molar refractivity (Wildman–Crippen MR) is 80.3 cm³/mol. The van der Waals surface area contributed by atoms with Gasteiger partial charge in [-0.1, -0.05) is 0 Å². The molecule has 0 aliphatic heterocycles. The molecule has 1 amide bonds. The van der Waals surface area contributed by atoms with Crippen LogP contribution in [0.3, 0.4) is 0 Å². The molecule has 0 aliphatic carbocycles. The maximum atomic E-state index is 12.1. The van der Waals surface area contributed by atoms with Crippen molar-refractivity contribution in [1.82, 2.24) is 20.1 Å². The van der Waals surface area contributed by atoms with E-state index in [0.29, 0.717) is 25.4 Å². The Balaban J connectivity index is 1.77. The third kappa shape index (κ3) is 4.19. The zero-order valence-corrected chi connectivity index (χ0v) is 12.6. The summed E-state index contributed by atoms with van der Waals surface area (Å²) < 4.78 is 6.94. The second-order valence-electron chi connectivity index (χ2n) is 4.96. The number of amides is 1. The third-order valence-corrected chi connectivity index (χ3v) is 3.44. The quantitative estimate of drug-likeness (QED) is 0.724. The van der Waals surface area contributed by atoms with E-state index >= 15 is 0 Å². The number of H-pyrrole nitrogens is 1. The fourth-order valence-electron chi connectivity index (χ4n) is 2.20. The van der Waals surface area contributed by atoms with E-state index in [2.05, 4.69) is 15.5 Å². The van der Waals surface area contributed by atoms with Gasteiger partial charge in [-0.15, -0.1) is 0 Å². The summed E-state index contributed by atoms with van der Waals surface area (Å²) in [6.45, 7) is 3.93. The summed E-state index contributed by atoms with van der Waals surface area (Å²) >= 11 is 0. The number of rotatable bonds is 8. The molecule has 21 heavy (non-hydrogen) atoms. The number of aryl methyl sites for hydroxylation is 2. The van der Waals surface area contributed by atoms with Crippen LogP contribution in [0.1, 0.15) is 28.2 Å². The number of hydrogen-bond acceptors (Lipinski definition) is 3. The minimum atomic E-state index is -0.0416. The van der Waals surface area contributed by atoms with Crippen molar-refractivity contribution in [1.29, 1.82) is 0 Å². The van der Waals surface area contributed by atoms with Gasteiger partial charge in [-0.2, -0.15) is 5.10 Å². The fraction of sp³-hybridized carbons (Fsp3) is 0.467. The molecule has 0 atom stereocenters. The van der Waals surface area contributed by atoms with Crippen LogP contribution in [-0.2, 0) is 17.7 Å². The number of aromatic nitrogens is 3. The van der Waals surface area contributed by atoms with Crippen LogP contribution in [-0.4, -0.2) is 40.9 Å². The molecule has 0 spiro atoms. The zero-order chi connectivity index (χ0) is 15.1. The maximum absolute atomic E-state index is 12.1. The summed E-state index contributed by atoms with van der Waals surface area (Å²) in [4.78, 5) is 12.1. The molecule has 2 rings (SSSR count). The molecule has 0 saturated heterocycles. The van der Waals surface area contributed by atoms with E-state index in [4.69, 9.17) is 4.74 Å². The Labute approximate surface area is 124 Å². The molecular weight excluding hydrogens is 268 g/mol. The first kappa shape index (κ1) is 15.3. The third-order valence-electron chi connectivity index (χ3n) is 3.44.